The van der Waals surface area contributed by atoms with Gasteiger partial charge >= 0.3 is 0 Å². The van der Waals surface area contributed by atoms with Crippen LogP contribution in [-0.2, 0) is 0 Å². The summed E-state index contributed by atoms with van der Waals surface area (Å²) in [7, 11) is 0. The summed E-state index contributed by atoms with van der Waals surface area (Å²) in [5.41, 5.74) is 1.36. The van der Waals surface area contributed by atoms with Crippen molar-refractivity contribution in [2.75, 3.05) is 44.2 Å². The van der Waals surface area contributed by atoms with Crippen LogP contribution in [-0.4, -0.2) is 69.8 Å². The van der Waals surface area contributed by atoms with Crippen LogP contribution in [0.4, 0.5) is 5.95 Å². The maximum absolute atomic E-state index is 12.3. The van der Waals surface area contributed by atoms with Gasteiger partial charge in [0.15, 0.2) is 5.69 Å². The molecule has 0 bridgehead atoms. The number of hydrogen-bond donors (Lipinski definition) is 1. The van der Waals surface area contributed by atoms with Crippen LogP contribution in [0.1, 0.15) is 10.5 Å². The van der Waals surface area contributed by atoms with Gasteiger partial charge in [-0.05, 0) is 24.3 Å². The number of benzene rings is 1. The third kappa shape index (κ3) is 4.34. The number of hydrogen-bond acceptors (Lipinski definition) is 6. The molecule has 1 aromatic carbocycles. The molecule has 0 atom stereocenters. The molecule has 0 saturated carbocycles. The minimum Gasteiger partial charge on any atom is -0.349 e. The van der Waals surface area contributed by atoms with E-state index in [1.807, 2.05) is 36.4 Å². The van der Waals surface area contributed by atoms with Crippen LogP contribution in [0.15, 0.2) is 61.1 Å². The standard InChI is InChI=1S/C20H23N7O/c28-19(18-7-11-27(24-18)17-5-2-1-3-6-17)21-10-12-25-13-15-26(16-14-25)20-22-8-4-9-23-20/h1-9,11H,10,12-16H2,(H,21,28). The fraction of sp³-hybridized carbons (Fsp3) is 0.300. The van der Waals surface area contributed by atoms with Gasteiger partial charge in [-0.1, -0.05) is 18.2 Å². The summed E-state index contributed by atoms with van der Waals surface area (Å²) >= 11 is 0. The highest BCUT2D eigenvalue weighted by atomic mass is 16.1. The van der Waals surface area contributed by atoms with E-state index in [0.29, 0.717) is 12.2 Å². The molecular weight excluding hydrogens is 354 g/mol. The van der Waals surface area contributed by atoms with Gasteiger partial charge in [0.2, 0.25) is 5.95 Å². The van der Waals surface area contributed by atoms with E-state index in [9.17, 15) is 4.79 Å². The van der Waals surface area contributed by atoms with Crippen molar-refractivity contribution < 1.29 is 4.79 Å². The van der Waals surface area contributed by atoms with Gasteiger partial charge in [0, 0.05) is 57.9 Å². The number of nitrogens with one attached hydrogen (secondary N) is 1. The average Bonchev–Trinajstić information content (AvgIpc) is 3.26. The molecule has 1 aliphatic rings. The maximum atomic E-state index is 12.3. The number of para-hydroxylation sites is 1. The number of piperazine rings is 1. The molecule has 0 radical (unpaired) electrons. The lowest BCUT2D eigenvalue weighted by molar-refractivity contribution is 0.0942. The number of rotatable bonds is 6. The van der Waals surface area contributed by atoms with Gasteiger partial charge in [0.1, 0.15) is 0 Å². The molecule has 1 saturated heterocycles. The SMILES string of the molecule is O=C(NCCN1CCN(c2ncccn2)CC1)c1ccn(-c2ccccc2)n1. The summed E-state index contributed by atoms with van der Waals surface area (Å²) in [6.45, 7) is 5.04. The van der Waals surface area contributed by atoms with Crippen LogP contribution in [0.2, 0.25) is 0 Å². The van der Waals surface area contributed by atoms with Crippen LogP contribution in [0.5, 0.6) is 0 Å². The molecule has 0 spiro atoms. The number of anilines is 1. The second-order valence-electron chi connectivity index (χ2n) is 6.61. The van der Waals surface area contributed by atoms with E-state index in [-0.39, 0.29) is 5.91 Å². The molecule has 0 unspecified atom stereocenters. The van der Waals surface area contributed by atoms with Gasteiger partial charge in [0.25, 0.3) is 5.91 Å². The van der Waals surface area contributed by atoms with Crippen molar-refractivity contribution >= 4 is 11.9 Å². The minimum absolute atomic E-state index is 0.147. The van der Waals surface area contributed by atoms with Crippen LogP contribution in [0, 0.1) is 0 Å². The highest BCUT2D eigenvalue weighted by Gasteiger charge is 2.18. The number of nitrogens with zero attached hydrogens (tertiary/aromatic N) is 6. The van der Waals surface area contributed by atoms with Crippen LogP contribution in [0.25, 0.3) is 5.69 Å². The number of amides is 1. The van der Waals surface area contributed by atoms with Crippen LogP contribution in [0.3, 0.4) is 0 Å². The highest BCUT2D eigenvalue weighted by molar-refractivity contribution is 5.92. The van der Waals surface area contributed by atoms with Crippen molar-refractivity contribution in [3.05, 3.63) is 66.7 Å². The normalized spacial score (nSPS) is 14.8. The molecule has 8 nitrogen and oxygen atoms in total. The molecule has 3 heterocycles. The topological polar surface area (TPSA) is 79.2 Å². The van der Waals surface area contributed by atoms with Gasteiger partial charge in [-0.15, -0.1) is 0 Å². The van der Waals surface area contributed by atoms with Gasteiger partial charge in [-0.3, -0.25) is 9.69 Å². The number of aromatic nitrogens is 4. The van der Waals surface area contributed by atoms with Gasteiger partial charge in [-0.2, -0.15) is 5.10 Å². The fourth-order valence-corrected chi connectivity index (χ4v) is 3.21. The number of carbonyl (C=O) groups excluding carboxylic acids is 1. The van der Waals surface area contributed by atoms with E-state index in [2.05, 4.69) is 30.2 Å². The number of carbonyl (C=O) groups is 1. The molecule has 0 aliphatic carbocycles. The summed E-state index contributed by atoms with van der Waals surface area (Å²) in [5, 5.41) is 7.32. The van der Waals surface area contributed by atoms with Crippen molar-refractivity contribution in [3.8, 4) is 5.69 Å². The Bertz CT molecular complexity index is 889. The highest BCUT2D eigenvalue weighted by Crippen LogP contribution is 2.09. The predicted octanol–water partition coefficient (Wildman–Crippen LogP) is 1.21. The summed E-state index contributed by atoms with van der Waals surface area (Å²) in [4.78, 5) is 25.5. The minimum atomic E-state index is -0.147. The Morgan fingerprint density at radius 3 is 2.46 bits per heavy atom. The molecule has 144 valence electrons. The zero-order chi connectivity index (χ0) is 19.2. The quantitative estimate of drug-likeness (QED) is 0.696. The molecule has 2 aromatic heterocycles. The Labute approximate surface area is 163 Å². The molecule has 8 heteroatoms. The summed E-state index contributed by atoms with van der Waals surface area (Å²) in [6.07, 6.45) is 5.34. The van der Waals surface area contributed by atoms with Crippen molar-refractivity contribution in [3.63, 3.8) is 0 Å². The zero-order valence-corrected chi connectivity index (χ0v) is 15.6. The largest absolute Gasteiger partial charge is 0.349 e. The van der Waals surface area contributed by atoms with E-state index < -0.39 is 0 Å². The van der Waals surface area contributed by atoms with Crippen LogP contribution >= 0.6 is 0 Å². The maximum Gasteiger partial charge on any atom is 0.271 e. The summed E-state index contributed by atoms with van der Waals surface area (Å²) in [5.74, 6) is 0.635. The van der Waals surface area contributed by atoms with Gasteiger partial charge < -0.3 is 10.2 Å². The average molecular weight is 377 g/mol. The Morgan fingerprint density at radius 1 is 0.964 bits per heavy atom. The lowest BCUT2D eigenvalue weighted by atomic mass is 10.3. The van der Waals surface area contributed by atoms with Crippen LogP contribution < -0.4 is 10.2 Å². The van der Waals surface area contributed by atoms with Crippen molar-refractivity contribution in [2.24, 2.45) is 0 Å². The molecule has 1 fully saturated rings. The van der Waals surface area contributed by atoms with E-state index in [0.717, 1.165) is 44.4 Å². The van der Waals surface area contributed by atoms with Crippen molar-refractivity contribution in [1.82, 2.24) is 30.0 Å². The third-order valence-electron chi connectivity index (χ3n) is 4.76. The van der Waals surface area contributed by atoms with Gasteiger partial charge in [0.05, 0.1) is 5.69 Å². The smallest absolute Gasteiger partial charge is 0.271 e. The lowest BCUT2D eigenvalue weighted by Crippen LogP contribution is -2.49. The molecule has 28 heavy (non-hydrogen) atoms. The Kier molecular flexibility index (Phi) is 5.58. The molecular formula is C20H23N7O. The van der Waals surface area contributed by atoms with E-state index in [1.54, 1.807) is 29.3 Å². The molecule has 1 aliphatic heterocycles. The first-order valence-electron chi connectivity index (χ1n) is 9.43. The fourth-order valence-electron chi connectivity index (χ4n) is 3.21. The molecule has 1 N–H and O–H groups in total. The first kappa shape index (κ1) is 18.1. The molecule has 4 rings (SSSR count). The molecule has 1 amide bonds. The van der Waals surface area contributed by atoms with Crippen molar-refractivity contribution in [1.29, 1.82) is 0 Å². The summed E-state index contributed by atoms with van der Waals surface area (Å²) in [6, 6.07) is 13.3. The predicted molar refractivity (Wildman–Crippen MR) is 107 cm³/mol. The van der Waals surface area contributed by atoms with E-state index >= 15 is 0 Å². The first-order valence-corrected chi connectivity index (χ1v) is 9.43. The van der Waals surface area contributed by atoms with Gasteiger partial charge in [-0.25, -0.2) is 14.6 Å². The van der Waals surface area contributed by atoms with E-state index in [1.165, 1.54) is 0 Å². The Hall–Kier alpha value is -3.26. The lowest BCUT2D eigenvalue weighted by Gasteiger charge is -2.34. The second kappa shape index (κ2) is 8.62. The zero-order valence-electron chi connectivity index (χ0n) is 15.6. The molecule has 3 aromatic rings. The second-order valence-corrected chi connectivity index (χ2v) is 6.61. The Morgan fingerprint density at radius 2 is 1.71 bits per heavy atom. The summed E-state index contributed by atoms with van der Waals surface area (Å²) < 4.78 is 1.71. The van der Waals surface area contributed by atoms with E-state index in [4.69, 9.17) is 0 Å². The van der Waals surface area contributed by atoms with Crippen molar-refractivity contribution in [2.45, 2.75) is 0 Å². The third-order valence-corrected chi connectivity index (χ3v) is 4.76. The first-order chi connectivity index (χ1) is 13.8. The monoisotopic (exact) mass is 377 g/mol. The Balaban J connectivity index is 1.22.